The van der Waals surface area contributed by atoms with Gasteiger partial charge >= 0.3 is 18.2 Å². The topological polar surface area (TPSA) is 217 Å². The Morgan fingerprint density at radius 2 is 1.21 bits per heavy atom. The molecule has 0 radical (unpaired) electrons. The Kier molecular flexibility index (Phi) is 14.1. The Hall–Kier alpha value is -3.78. The van der Waals surface area contributed by atoms with Crippen molar-refractivity contribution in [2.75, 3.05) is 13.1 Å². The van der Waals surface area contributed by atoms with Gasteiger partial charge in [0.1, 0.15) is 35.0 Å². The fraction of sp³-hybridized carbons (Fsp3) is 0.750. The number of hydrogen-bond acceptors (Lipinski definition) is 10. The molecule has 2 heterocycles. The molecule has 15 nitrogen and oxygen atoms in total. The summed E-state index contributed by atoms with van der Waals surface area (Å²) >= 11 is 0. The van der Waals surface area contributed by atoms with Gasteiger partial charge in [0, 0.05) is 13.1 Å². The Morgan fingerprint density at radius 3 is 1.54 bits per heavy atom. The highest BCUT2D eigenvalue weighted by Gasteiger charge is 2.37. The van der Waals surface area contributed by atoms with Crippen LogP contribution in [0, 0.1) is 0 Å². The lowest BCUT2D eigenvalue weighted by atomic mass is 10.2. The molecule has 0 spiro atoms. The molecule has 2 aliphatic heterocycles. The van der Waals surface area contributed by atoms with Crippen molar-refractivity contribution in [2.45, 2.75) is 104 Å². The maximum atomic E-state index is 12.0. The Morgan fingerprint density at radius 1 is 0.821 bits per heavy atom. The van der Waals surface area contributed by atoms with E-state index < -0.39 is 41.4 Å². The molecule has 2 fully saturated rings. The molecule has 2 saturated heterocycles. The van der Waals surface area contributed by atoms with Gasteiger partial charge in [-0.1, -0.05) is 10.3 Å². The molecule has 0 saturated carbocycles. The minimum Gasteiger partial charge on any atom is -0.480 e. The summed E-state index contributed by atoms with van der Waals surface area (Å²) in [5.41, 5.74) is 3.62. The molecule has 2 aliphatic rings. The van der Waals surface area contributed by atoms with Crippen LogP contribution in [0.3, 0.4) is 0 Å². The lowest BCUT2D eigenvalue weighted by Gasteiger charge is -2.27. The van der Waals surface area contributed by atoms with Crippen molar-refractivity contribution in [1.82, 2.24) is 15.1 Å². The first-order chi connectivity index (χ1) is 17.8. The van der Waals surface area contributed by atoms with Gasteiger partial charge in [-0.2, -0.15) is 0 Å². The molecule has 224 valence electrons. The van der Waals surface area contributed by atoms with Crippen LogP contribution in [0.25, 0.3) is 0 Å². The molecule has 0 aromatic heterocycles. The van der Waals surface area contributed by atoms with E-state index in [0.717, 1.165) is 12.8 Å². The Bertz CT molecular complexity index is 905. The van der Waals surface area contributed by atoms with E-state index in [1.807, 2.05) is 0 Å². The summed E-state index contributed by atoms with van der Waals surface area (Å²) in [5, 5.41) is 32.9. The second kappa shape index (κ2) is 15.6. The van der Waals surface area contributed by atoms with Crippen molar-refractivity contribution in [3.05, 3.63) is 0 Å². The highest BCUT2D eigenvalue weighted by atomic mass is 16.6. The lowest BCUT2D eigenvalue weighted by Crippen LogP contribution is -2.48. The van der Waals surface area contributed by atoms with Crippen molar-refractivity contribution in [2.24, 2.45) is 16.0 Å². The average molecular weight is 561 g/mol. The van der Waals surface area contributed by atoms with Crippen molar-refractivity contribution in [3.8, 4) is 0 Å². The first kappa shape index (κ1) is 35.2. The molecule has 3 amide bonds. The SMILES string of the molecule is C/C(=N\O)NC(=O)[C@@H]1CCCN1C(=O)OC(C)(C)C.C/C(N)=N/O.CC(C)(C)OC(=O)N1CCC[C@H]1C(=O)O. The van der Waals surface area contributed by atoms with Crippen molar-refractivity contribution in [3.63, 3.8) is 0 Å². The van der Waals surface area contributed by atoms with Crippen LogP contribution in [-0.4, -0.2) is 97.4 Å². The van der Waals surface area contributed by atoms with E-state index in [1.165, 1.54) is 23.6 Å². The van der Waals surface area contributed by atoms with E-state index in [4.69, 9.17) is 30.7 Å². The zero-order valence-electron chi connectivity index (χ0n) is 24.1. The van der Waals surface area contributed by atoms with Gasteiger partial charge in [-0.3, -0.25) is 14.6 Å². The fourth-order valence-corrected chi connectivity index (χ4v) is 3.43. The number of carboxylic acids is 1. The molecular weight excluding hydrogens is 516 g/mol. The van der Waals surface area contributed by atoms with E-state index in [1.54, 1.807) is 41.5 Å². The largest absolute Gasteiger partial charge is 0.480 e. The number of amides is 3. The third kappa shape index (κ3) is 14.1. The van der Waals surface area contributed by atoms with E-state index in [2.05, 4.69) is 15.6 Å². The molecule has 6 N–H and O–H groups in total. The van der Waals surface area contributed by atoms with Gasteiger partial charge in [-0.05, 0) is 81.1 Å². The summed E-state index contributed by atoms with van der Waals surface area (Å²) in [7, 11) is 0. The van der Waals surface area contributed by atoms with Crippen LogP contribution in [0.1, 0.15) is 81.1 Å². The third-order valence-corrected chi connectivity index (χ3v) is 4.96. The summed E-state index contributed by atoms with van der Waals surface area (Å²) in [4.78, 5) is 49.1. The normalized spacial score (nSPS) is 19.7. The predicted molar refractivity (Wildman–Crippen MR) is 142 cm³/mol. The molecule has 2 atom stereocenters. The number of carboxylic acid groups (broad SMARTS) is 1. The number of nitrogens with zero attached hydrogens (tertiary/aromatic N) is 4. The summed E-state index contributed by atoms with van der Waals surface area (Å²) < 4.78 is 10.4. The molecule has 0 unspecified atom stereocenters. The zero-order chi connectivity index (χ0) is 30.6. The molecule has 15 heteroatoms. The number of likely N-dealkylation sites (tertiary alicyclic amines) is 2. The molecule has 0 aromatic rings. The molecule has 0 aromatic carbocycles. The minimum absolute atomic E-state index is 0.0982. The zero-order valence-corrected chi connectivity index (χ0v) is 24.1. The van der Waals surface area contributed by atoms with E-state index in [-0.39, 0.29) is 17.6 Å². The van der Waals surface area contributed by atoms with E-state index >= 15 is 0 Å². The highest BCUT2D eigenvalue weighted by Crippen LogP contribution is 2.22. The van der Waals surface area contributed by atoms with Crippen LogP contribution in [0.15, 0.2) is 10.3 Å². The average Bonchev–Trinajstić information content (AvgIpc) is 3.47. The molecule has 2 rings (SSSR count). The first-order valence-corrected chi connectivity index (χ1v) is 12.5. The van der Waals surface area contributed by atoms with Gasteiger partial charge in [0.2, 0.25) is 5.91 Å². The monoisotopic (exact) mass is 560 g/mol. The Balaban J connectivity index is 0.000000643. The number of oxime groups is 2. The van der Waals surface area contributed by atoms with Gasteiger partial charge in [-0.25, -0.2) is 14.4 Å². The summed E-state index contributed by atoms with van der Waals surface area (Å²) in [5.74, 6) is -1.04. The number of nitrogens with one attached hydrogen (secondary N) is 1. The highest BCUT2D eigenvalue weighted by molar-refractivity contribution is 6.00. The summed E-state index contributed by atoms with van der Waals surface area (Å²) in [6.07, 6.45) is 1.51. The van der Waals surface area contributed by atoms with Gasteiger partial charge in [0.15, 0.2) is 0 Å². The van der Waals surface area contributed by atoms with Crippen LogP contribution in [0.2, 0.25) is 0 Å². The number of carbonyl (C=O) groups excluding carboxylic acids is 3. The predicted octanol–water partition coefficient (Wildman–Crippen LogP) is 2.53. The number of nitrogens with two attached hydrogens (primary N) is 1. The first-order valence-electron chi connectivity index (χ1n) is 12.5. The smallest absolute Gasteiger partial charge is 0.411 e. The number of ether oxygens (including phenoxy) is 2. The standard InChI is InChI=1S/C12H21N3O4.C10H17NO4.C2H6N2O/c1-8(14-18)13-10(16)9-6-5-7-15(9)11(17)19-12(2,3)4;1-10(2,3)15-9(14)11-6-4-5-7(11)8(12)13;1-2(3)4-5/h9,18H,5-7H2,1-4H3,(H,13,14,16);7H,4-6H2,1-3H3,(H,12,13);5H,1H3,(H2,3,4)/t9-;7-;/m00./s1. The van der Waals surface area contributed by atoms with Crippen LogP contribution in [0.4, 0.5) is 9.59 Å². The second-order valence-electron chi connectivity index (χ2n) is 10.9. The van der Waals surface area contributed by atoms with Gasteiger partial charge in [0.25, 0.3) is 0 Å². The van der Waals surface area contributed by atoms with Crippen molar-refractivity contribution in [1.29, 1.82) is 0 Å². The summed E-state index contributed by atoms with van der Waals surface area (Å²) in [6, 6.07) is -1.30. The number of aliphatic carboxylic acids is 1. The van der Waals surface area contributed by atoms with E-state index in [0.29, 0.717) is 25.9 Å². The summed E-state index contributed by atoms with van der Waals surface area (Å²) in [6.45, 7) is 14.5. The number of hydrogen-bond donors (Lipinski definition) is 5. The third-order valence-electron chi connectivity index (χ3n) is 4.96. The van der Waals surface area contributed by atoms with Crippen LogP contribution in [-0.2, 0) is 19.1 Å². The lowest BCUT2D eigenvalue weighted by molar-refractivity contribution is -0.142. The van der Waals surface area contributed by atoms with Crippen molar-refractivity contribution < 1.29 is 44.2 Å². The fourth-order valence-electron chi connectivity index (χ4n) is 3.43. The van der Waals surface area contributed by atoms with Crippen molar-refractivity contribution >= 4 is 35.7 Å². The maximum absolute atomic E-state index is 12.0. The number of amidine groups is 2. The maximum Gasteiger partial charge on any atom is 0.411 e. The van der Waals surface area contributed by atoms with Crippen LogP contribution in [0.5, 0.6) is 0 Å². The molecular formula is C24H44N6O9. The molecule has 0 aliphatic carbocycles. The van der Waals surface area contributed by atoms with Crippen LogP contribution >= 0.6 is 0 Å². The minimum atomic E-state index is -0.960. The van der Waals surface area contributed by atoms with Gasteiger partial charge in [-0.15, -0.1) is 0 Å². The van der Waals surface area contributed by atoms with E-state index in [9.17, 15) is 19.2 Å². The van der Waals surface area contributed by atoms with Crippen LogP contribution < -0.4 is 11.1 Å². The Labute approximate surface area is 228 Å². The number of carbonyl (C=O) groups is 4. The van der Waals surface area contributed by atoms with Gasteiger partial charge in [0.05, 0.1) is 0 Å². The van der Waals surface area contributed by atoms with Gasteiger partial charge < -0.3 is 36.0 Å². The molecule has 0 bridgehead atoms. The quantitative estimate of drug-likeness (QED) is 0.144. The second-order valence-corrected chi connectivity index (χ2v) is 10.9. The number of rotatable bonds is 2. The molecule has 39 heavy (non-hydrogen) atoms.